The summed E-state index contributed by atoms with van der Waals surface area (Å²) < 4.78 is 0.740. The molecule has 106 valence electrons. The van der Waals surface area contributed by atoms with Gasteiger partial charge in [-0.15, -0.1) is 11.3 Å². The van der Waals surface area contributed by atoms with E-state index in [-0.39, 0.29) is 17.1 Å². The second-order valence-corrected chi connectivity index (χ2v) is 6.85. The van der Waals surface area contributed by atoms with Crippen LogP contribution in [0.4, 0.5) is 0 Å². The Bertz CT molecular complexity index is 603. The van der Waals surface area contributed by atoms with Crippen LogP contribution in [0.3, 0.4) is 0 Å². The first-order chi connectivity index (χ1) is 9.49. The summed E-state index contributed by atoms with van der Waals surface area (Å²) in [6.07, 6.45) is 2.41. The van der Waals surface area contributed by atoms with E-state index in [1.807, 2.05) is 18.4 Å². The molecule has 1 unspecified atom stereocenters. The fourth-order valence-corrected chi connectivity index (χ4v) is 3.16. The molecule has 2 aromatic heterocycles. The quantitative estimate of drug-likeness (QED) is 0.750. The van der Waals surface area contributed by atoms with E-state index in [9.17, 15) is 4.79 Å². The summed E-state index contributed by atoms with van der Waals surface area (Å²) in [6.45, 7) is 2.02. The van der Waals surface area contributed by atoms with Crippen LogP contribution in [-0.4, -0.2) is 28.9 Å². The third-order valence-electron chi connectivity index (χ3n) is 3.09. The monoisotopic (exact) mass is 372 g/mol. The Labute approximate surface area is 135 Å². The van der Waals surface area contributed by atoms with Crippen molar-refractivity contribution >= 4 is 44.8 Å². The van der Waals surface area contributed by atoms with Crippen molar-refractivity contribution in [1.82, 2.24) is 9.88 Å². The number of halogens is 2. The molecular weight excluding hydrogens is 360 g/mol. The number of likely N-dealkylation sites (N-methyl/N-ethyl adjacent to an activating group) is 1. The average molecular weight is 374 g/mol. The van der Waals surface area contributed by atoms with Crippen LogP contribution >= 0.6 is 38.9 Å². The third-order valence-corrected chi connectivity index (χ3v) is 4.73. The Kier molecular flexibility index (Phi) is 5.18. The van der Waals surface area contributed by atoms with Gasteiger partial charge in [-0.1, -0.05) is 17.7 Å². The lowest BCUT2D eigenvalue weighted by molar-refractivity contribution is 0.0743. The number of pyridine rings is 1. The van der Waals surface area contributed by atoms with Gasteiger partial charge in [-0.25, -0.2) is 4.98 Å². The van der Waals surface area contributed by atoms with Gasteiger partial charge in [0, 0.05) is 35.1 Å². The van der Waals surface area contributed by atoms with Crippen LogP contribution in [0.2, 0.25) is 5.15 Å². The minimum absolute atomic E-state index is 0.0937. The third kappa shape index (κ3) is 3.59. The van der Waals surface area contributed by atoms with Crippen LogP contribution in [0, 0.1) is 0 Å². The number of carbonyl (C=O) groups is 1. The smallest absolute Gasteiger partial charge is 0.257 e. The Morgan fingerprint density at radius 2 is 2.35 bits per heavy atom. The first-order valence-electron chi connectivity index (χ1n) is 6.09. The molecule has 2 heterocycles. The molecule has 0 saturated heterocycles. The van der Waals surface area contributed by atoms with Crippen LogP contribution in [0.1, 0.15) is 22.2 Å². The summed E-state index contributed by atoms with van der Waals surface area (Å²) in [5.41, 5.74) is 0.418. The summed E-state index contributed by atoms with van der Waals surface area (Å²) in [6, 6.07) is 5.89. The van der Waals surface area contributed by atoms with Crippen LogP contribution < -0.4 is 0 Å². The Morgan fingerprint density at radius 1 is 1.60 bits per heavy atom. The minimum atomic E-state index is -0.118. The van der Waals surface area contributed by atoms with Gasteiger partial charge in [0.05, 0.1) is 5.56 Å². The fraction of sp³-hybridized carbons (Fsp3) is 0.286. The van der Waals surface area contributed by atoms with Crippen molar-refractivity contribution in [2.75, 3.05) is 7.05 Å². The molecule has 6 heteroatoms. The first kappa shape index (κ1) is 15.5. The van der Waals surface area contributed by atoms with Gasteiger partial charge in [-0.3, -0.25) is 4.79 Å². The van der Waals surface area contributed by atoms with Crippen molar-refractivity contribution in [3.05, 3.63) is 49.8 Å². The number of hydrogen-bond donors (Lipinski definition) is 0. The molecule has 0 aliphatic heterocycles. The van der Waals surface area contributed by atoms with E-state index in [4.69, 9.17) is 11.6 Å². The zero-order valence-electron chi connectivity index (χ0n) is 11.1. The highest BCUT2D eigenvalue weighted by molar-refractivity contribution is 9.10. The number of amides is 1. The van der Waals surface area contributed by atoms with E-state index in [1.165, 1.54) is 4.88 Å². The van der Waals surface area contributed by atoms with Crippen molar-refractivity contribution in [3.63, 3.8) is 0 Å². The van der Waals surface area contributed by atoms with E-state index >= 15 is 0 Å². The molecule has 3 nitrogen and oxygen atoms in total. The molecule has 0 bridgehead atoms. The lowest BCUT2D eigenvalue weighted by Crippen LogP contribution is -2.36. The van der Waals surface area contributed by atoms with Crippen molar-refractivity contribution in [1.29, 1.82) is 0 Å². The number of nitrogens with zero attached hydrogens (tertiary/aromatic N) is 2. The van der Waals surface area contributed by atoms with Crippen LogP contribution in [0.5, 0.6) is 0 Å². The number of rotatable bonds is 4. The van der Waals surface area contributed by atoms with Crippen molar-refractivity contribution < 1.29 is 4.79 Å². The van der Waals surface area contributed by atoms with Crippen molar-refractivity contribution in [2.24, 2.45) is 0 Å². The minimum Gasteiger partial charge on any atom is -0.339 e. The molecule has 0 saturated carbocycles. The van der Waals surface area contributed by atoms with Gasteiger partial charge in [0.1, 0.15) is 5.15 Å². The van der Waals surface area contributed by atoms with E-state index in [1.54, 1.807) is 35.5 Å². The molecule has 1 amide bonds. The van der Waals surface area contributed by atoms with Crippen LogP contribution in [-0.2, 0) is 6.42 Å². The number of aromatic nitrogens is 1. The Hall–Kier alpha value is -0.910. The highest BCUT2D eigenvalue weighted by Crippen LogP contribution is 2.21. The van der Waals surface area contributed by atoms with Gasteiger partial charge >= 0.3 is 0 Å². The summed E-state index contributed by atoms with van der Waals surface area (Å²) in [5.74, 6) is -0.118. The highest BCUT2D eigenvalue weighted by Gasteiger charge is 2.21. The molecule has 0 aromatic carbocycles. The van der Waals surface area contributed by atoms with Crippen molar-refractivity contribution in [3.8, 4) is 0 Å². The highest BCUT2D eigenvalue weighted by atomic mass is 79.9. The lowest BCUT2D eigenvalue weighted by Gasteiger charge is -2.25. The molecule has 0 aliphatic rings. The molecule has 20 heavy (non-hydrogen) atoms. The molecule has 0 aliphatic carbocycles. The standard InChI is InChI=1S/C14H14BrClN2OS/c1-9(6-11-4-3-5-20-11)18(2)14(19)12-7-10(15)8-17-13(12)16/h3-5,7-9H,6H2,1-2H3. The topological polar surface area (TPSA) is 33.2 Å². The molecular formula is C14H14BrClN2OS. The van der Waals surface area contributed by atoms with Gasteiger partial charge in [-0.2, -0.15) is 0 Å². The fourth-order valence-electron chi connectivity index (χ4n) is 1.82. The van der Waals surface area contributed by atoms with Gasteiger partial charge in [0.25, 0.3) is 5.91 Å². The van der Waals surface area contributed by atoms with E-state index < -0.39 is 0 Å². The SMILES string of the molecule is CC(Cc1cccs1)N(C)C(=O)c1cc(Br)cnc1Cl. The van der Waals surface area contributed by atoms with Gasteiger partial charge in [0.15, 0.2) is 0 Å². The molecule has 1 atom stereocenters. The van der Waals surface area contributed by atoms with Crippen LogP contribution in [0.15, 0.2) is 34.2 Å². The van der Waals surface area contributed by atoms with E-state index in [2.05, 4.69) is 27.0 Å². The molecule has 2 rings (SSSR count). The number of thiophene rings is 1. The van der Waals surface area contributed by atoms with Gasteiger partial charge in [-0.05, 0) is 40.4 Å². The van der Waals surface area contributed by atoms with E-state index in [0.717, 1.165) is 10.9 Å². The maximum Gasteiger partial charge on any atom is 0.257 e. The first-order valence-corrected chi connectivity index (χ1v) is 8.14. The van der Waals surface area contributed by atoms with E-state index in [0.29, 0.717) is 5.56 Å². The largest absolute Gasteiger partial charge is 0.339 e. The van der Waals surface area contributed by atoms with Crippen LogP contribution in [0.25, 0.3) is 0 Å². The second-order valence-electron chi connectivity index (χ2n) is 4.54. The number of carbonyl (C=O) groups excluding carboxylic acids is 1. The zero-order valence-corrected chi connectivity index (χ0v) is 14.3. The predicted octanol–water partition coefficient (Wildman–Crippen LogP) is 4.26. The summed E-state index contributed by atoms with van der Waals surface area (Å²) in [7, 11) is 1.79. The maximum absolute atomic E-state index is 12.5. The van der Waals surface area contributed by atoms with Gasteiger partial charge < -0.3 is 4.90 Å². The zero-order chi connectivity index (χ0) is 14.7. The molecule has 0 radical (unpaired) electrons. The molecule has 0 fully saturated rings. The normalized spacial score (nSPS) is 12.2. The molecule has 0 spiro atoms. The second kappa shape index (κ2) is 6.70. The predicted molar refractivity (Wildman–Crippen MR) is 86.5 cm³/mol. The Morgan fingerprint density at radius 3 is 3.00 bits per heavy atom. The summed E-state index contributed by atoms with van der Waals surface area (Å²) in [4.78, 5) is 19.4. The number of hydrogen-bond acceptors (Lipinski definition) is 3. The average Bonchev–Trinajstić information content (AvgIpc) is 2.92. The van der Waals surface area contributed by atoms with Crippen molar-refractivity contribution in [2.45, 2.75) is 19.4 Å². The van der Waals surface area contributed by atoms with Gasteiger partial charge in [0.2, 0.25) is 0 Å². The Balaban J connectivity index is 2.13. The molecule has 0 N–H and O–H groups in total. The summed E-state index contributed by atoms with van der Waals surface area (Å²) >= 11 is 11.0. The lowest BCUT2D eigenvalue weighted by atomic mass is 10.1. The summed E-state index contributed by atoms with van der Waals surface area (Å²) in [5, 5.41) is 2.27. The molecule has 2 aromatic rings. The maximum atomic E-state index is 12.5.